The van der Waals surface area contributed by atoms with Crippen molar-refractivity contribution in [2.45, 2.75) is 17.9 Å². The fraction of sp³-hybridized carbons (Fsp3) is 0.214. The lowest BCUT2D eigenvalue weighted by Crippen LogP contribution is -2.22. The molecular formula is C14H15NOS. The van der Waals surface area contributed by atoms with E-state index in [1.807, 2.05) is 25.1 Å². The van der Waals surface area contributed by atoms with Crippen LogP contribution in [0.15, 0.2) is 42.5 Å². The van der Waals surface area contributed by atoms with Crippen LogP contribution >= 0.6 is 11.8 Å². The van der Waals surface area contributed by atoms with Crippen molar-refractivity contribution in [1.82, 2.24) is 0 Å². The topological polar surface area (TPSA) is 43.1 Å². The van der Waals surface area contributed by atoms with Gasteiger partial charge in [-0.1, -0.05) is 42.5 Å². The van der Waals surface area contributed by atoms with Gasteiger partial charge in [-0.05, 0) is 23.3 Å². The third-order valence-corrected chi connectivity index (χ3v) is 3.98. The molecule has 3 heteroatoms. The second-order valence-corrected chi connectivity index (χ2v) is 5.32. The summed E-state index contributed by atoms with van der Waals surface area (Å²) >= 11 is 1.58. The van der Waals surface area contributed by atoms with Gasteiger partial charge in [-0.25, -0.2) is 0 Å². The van der Waals surface area contributed by atoms with E-state index in [0.717, 1.165) is 5.75 Å². The first-order valence-corrected chi connectivity index (χ1v) is 6.61. The van der Waals surface area contributed by atoms with Gasteiger partial charge in [-0.2, -0.15) is 0 Å². The molecule has 0 aliphatic carbocycles. The summed E-state index contributed by atoms with van der Waals surface area (Å²) in [4.78, 5) is 11.0. The van der Waals surface area contributed by atoms with E-state index >= 15 is 0 Å². The van der Waals surface area contributed by atoms with Crippen molar-refractivity contribution in [3.05, 3.63) is 48.0 Å². The van der Waals surface area contributed by atoms with Crippen molar-refractivity contribution in [1.29, 1.82) is 0 Å². The maximum Gasteiger partial charge on any atom is 0.230 e. The molecule has 2 nitrogen and oxygen atoms in total. The predicted octanol–water partition coefficient (Wildman–Crippen LogP) is 2.95. The number of benzene rings is 2. The summed E-state index contributed by atoms with van der Waals surface area (Å²) in [6.45, 7) is 1.85. The third kappa shape index (κ3) is 2.80. The summed E-state index contributed by atoms with van der Waals surface area (Å²) < 4.78 is 0. The first-order valence-electron chi connectivity index (χ1n) is 5.56. The molecule has 1 amide bonds. The fourth-order valence-electron chi connectivity index (χ4n) is 1.72. The summed E-state index contributed by atoms with van der Waals surface area (Å²) in [5, 5.41) is 2.34. The normalized spacial score (nSPS) is 12.5. The van der Waals surface area contributed by atoms with Gasteiger partial charge >= 0.3 is 0 Å². The number of nitrogens with two attached hydrogens (primary N) is 1. The molecule has 0 radical (unpaired) electrons. The van der Waals surface area contributed by atoms with E-state index in [2.05, 4.69) is 24.3 Å². The van der Waals surface area contributed by atoms with Gasteiger partial charge in [-0.15, -0.1) is 11.8 Å². The Labute approximate surface area is 105 Å². The van der Waals surface area contributed by atoms with Crippen molar-refractivity contribution in [2.24, 2.45) is 5.73 Å². The van der Waals surface area contributed by atoms with Crippen LogP contribution in [0.25, 0.3) is 10.8 Å². The molecular weight excluding hydrogens is 230 g/mol. The molecule has 0 fully saturated rings. The third-order valence-electron chi connectivity index (χ3n) is 2.77. The minimum Gasteiger partial charge on any atom is -0.369 e. The molecule has 0 heterocycles. The lowest BCUT2D eigenvalue weighted by molar-refractivity contribution is -0.117. The zero-order valence-corrected chi connectivity index (χ0v) is 10.5. The molecule has 2 aromatic carbocycles. The highest BCUT2D eigenvalue weighted by atomic mass is 32.2. The van der Waals surface area contributed by atoms with E-state index < -0.39 is 0 Å². The standard InChI is InChI=1S/C14H15NOS/c1-10(14(15)16)17-9-12-7-4-6-11-5-2-3-8-13(11)12/h2-8,10H,9H2,1H3,(H2,15,16)/t10-/m0/s1. The number of amides is 1. The van der Waals surface area contributed by atoms with Gasteiger partial charge in [0.05, 0.1) is 5.25 Å². The molecule has 17 heavy (non-hydrogen) atoms. The van der Waals surface area contributed by atoms with Crippen LogP contribution in [0.2, 0.25) is 0 Å². The van der Waals surface area contributed by atoms with Crippen LogP contribution in [0, 0.1) is 0 Å². The largest absolute Gasteiger partial charge is 0.369 e. The van der Waals surface area contributed by atoms with Gasteiger partial charge in [0.1, 0.15) is 0 Å². The predicted molar refractivity (Wildman–Crippen MR) is 73.9 cm³/mol. The molecule has 2 N–H and O–H groups in total. The highest BCUT2D eigenvalue weighted by Gasteiger charge is 2.09. The molecule has 2 rings (SSSR count). The Kier molecular flexibility index (Phi) is 3.69. The maximum absolute atomic E-state index is 11.0. The molecule has 0 saturated heterocycles. The molecule has 0 bridgehead atoms. The molecule has 0 aliphatic rings. The van der Waals surface area contributed by atoms with Gasteiger partial charge < -0.3 is 5.73 Å². The molecule has 0 aliphatic heterocycles. The quantitative estimate of drug-likeness (QED) is 0.900. The summed E-state index contributed by atoms with van der Waals surface area (Å²) in [6, 6.07) is 14.5. The Morgan fingerprint density at radius 3 is 2.71 bits per heavy atom. The van der Waals surface area contributed by atoms with E-state index in [1.165, 1.54) is 16.3 Å². The highest BCUT2D eigenvalue weighted by Crippen LogP contribution is 2.24. The zero-order chi connectivity index (χ0) is 12.3. The lowest BCUT2D eigenvalue weighted by Gasteiger charge is -2.09. The van der Waals surface area contributed by atoms with Gasteiger partial charge in [0.2, 0.25) is 5.91 Å². The lowest BCUT2D eigenvalue weighted by atomic mass is 10.1. The Balaban J connectivity index is 2.21. The van der Waals surface area contributed by atoms with Crippen LogP contribution < -0.4 is 5.73 Å². The van der Waals surface area contributed by atoms with E-state index in [9.17, 15) is 4.79 Å². The average Bonchev–Trinajstić information content (AvgIpc) is 2.35. The summed E-state index contributed by atoms with van der Waals surface area (Å²) in [7, 11) is 0. The van der Waals surface area contributed by atoms with Crippen LogP contribution in [-0.4, -0.2) is 11.2 Å². The van der Waals surface area contributed by atoms with E-state index in [1.54, 1.807) is 11.8 Å². The van der Waals surface area contributed by atoms with Gasteiger partial charge in [0, 0.05) is 5.75 Å². The Bertz CT molecular complexity index is 533. The van der Waals surface area contributed by atoms with E-state index in [0.29, 0.717) is 0 Å². The van der Waals surface area contributed by atoms with Gasteiger partial charge in [0.15, 0.2) is 0 Å². The summed E-state index contributed by atoms with van der Waals surface area (Å²) in [5.41, 5.74) is 6.50. The average molecular weight is 245 g/mol. The van der Waals surface area contributed by atoms with Crippen molar-refractivity contribution >= 4 is 28.4 Å². The van der Waals surface area contributed by atoms with Gasteiger partial charge in [0.25, 0.3) is 0 Å². The Morgan fingerprint density at radius 2 is 1.94 bits per heavy atom. The monoisotopic (exact) mass is 245 g/mol. The number of rotatable bonds is 4. The number of fused-ring (bicyclic) bond motifs is 1. The van der Waals surface area contributed by atoms with Crippen LogP contribution in [0.4, 0.5) is 0 Å². The first-order chi connectivity index (χ1) is 8.18. The zero-order valence-electron chi connectivity index (χ0n) is 9.72. The molecule has 88 valence electrons. The number of hydrogen-bond donors (Lipinski definition) is 1. The number of thioether (sulfide) groups is 1. The molecule has 0 unspecified atom stereocenters. The first kappa shape index (κ1) is 12.0. The van der Waals surface area contributed by atoms with E-state index in [4.69, 9.17) is 5.73 Å². The minimum atomic E-state index is -0.254. The summed E-state index contributed by atoms with van der Waals surface area (Å²) in [6.07, 6.45) is 0. The Hall–Kier alpha value is -1.48. The van der Waals surface area contributed by atoms with Crippen molar-refractivity contribution in [3.8, 4) is 0 Å². The summed E-state index contributed by atoms with van der Waals surface area (Å²) in [5.74, 6) is 0.557. The van der Waals surface area contributed by atoms with E-state index in [-0.39, 0.29) is 11.2 Å². The van der Waals surface area contributed by atoms with Crippen LogP contribution in [-0.2, 0) is 10.5 Å². The second kappa shape index (κ2) is 5.23. The number of hydrogen-bond acceptors (Lipinski definition) is 2. The fourth-order valence-corrected chi connectivity index (χ4v) is 2.56. The molecule has 2 aromatic rings. The number of carbonyl (C=O) groups excluding carboxylic acids is 1. The number of primary amides is 1. The Morgan fingerprint density at radius 1 is 1.24 bits per heavy atom. The molecule has 0 saturated carbocycles. The second-order valence-electron chi connectivity index (χ2n) is 3.99. The van der Waals surface area contributed by atoms with Crippen LogP contribution in [0.3, 0.4) is 0 Å². The minimum absolute atomic E-state index is 0.144. The maximum atomic E-state index is 11.0. The van der Waals surface area contributed by atoms with Crippen LogP contribution in [0.1, 0.15) is 12.5 Å². The van der Waals surface area contributed by atoms with Crippen molar-refractivity contribution in [3.63, 3.8) is 0 Å². The van der Waals surface area contributed by atoms with Gasteiger partial charge in [-0.3, -0.25) is 4.79 Å². The number of carbonyl (C=O) groups is 1. The van der Waals surface area contributed by atoms with Crippen molar-refractivity contribution < 1.29 is 4.79 Å². The molecule has 1 atom stereocenters. The SMILES string of the molecule is C[C@H](SCc1cccc2ccccc12)C(N)=O. The highest BCUT2D eigenvalue weighted by molar-refractivity contribution is 7.99. The van der Waals surface area contributed by atoms with Crippen molar-refractivity contribution in [2.75, 3.05) is 0 Å². The smallest absolute Gasteiger partial charge is 0.230 e. The molecule has 0 aromatic heterocycles. The molecule has 0 spiro atoms. The van der Waals surface area contributed by atoms with Crippen LogP contribution in [0.5, 0.6) is 0 Å².